The van der Waals surface area contributed by atoms with Crippen LogP contribution in [0.3, 0.4) is 0 Å². The molecule has 0 aliphatic heterocycles. The molecule has 3 aromatic carbocycles. The molecule has 0 N–H and O–H groups in total. The minimum Gasteiger partial charge on any atom is -0.415 e. The summed E-state index contributed by atoms with van der Waals surface area (Å²) >= 11 is 1.52. The highest BCUT2D eigenvalue weighted by molar-refractivity contribution is 7.99. The van der Waals surface area contributed by atoms with Gasteiger partial charge in [-0.2, -0.15) is 0 Å². The number of hydrogen-bond donors (Lipinski definition) is 0. The Morgan fingerprint density at radius 3 is 2.29 bits per heavy atom. The predicted molar refractivity (Wildman–Crippen MR) is 146 cm³/mol. The largest absolute Gasteiger partial charge is 0.415 e. The number of aryl methyl sites for hydroxylation is 2. The van der Waals surface area contributed by atoms with Crippen molar-refractivity contribution in [1.82, 2.24) is 10.2 Å². The molecule has 0 spiro atoms. The van der Waals surface area contributed by atoms with E-state index in [0.29, 0.717) is 22.8 Å². The maximum absolute atomic E-state index is 6.06. The van der Waals surface area contributed by atoms with Crippen LogP contribution in [0.5, 0.6) is 0 Å². The first-order chi connectivity index (χ1) is 16.9. The third-order valence-electron chi connectivity index (χ3n) is 6.00. The van der Waals surface area contributed by atoms with Crippen molar-refractivity contribution in [3.63, 3.8) is 0 Å². The second-order valence-corrected chi connectivity index (χ2v) is 10.4. The lowest BCUT2D eigenvalue weighted by Gasteiger charge is -2.10. The number of thioether (sulfide) groups is 1. The molecule has 180 valence electrons. The average molecular weight is 484 g/mol. The van der Waals surface area contributed by atoms with E-state index >= 15 is 0 Å². The average Bonchev–Trinajstić information content (AvgIpc) is 3.32. The highest BCUT2D eigenvalue weighted by Crippen LogP contribution is 2.28. The Labute approximate surface area is 212 Å². The topological polar surface area (TPSA) is 51.3 Å². The number of aromatic nitrogens is 2. The lowest BCUT2D eigenvalue weighted by Crippen LogP contribution is -2.04. The fraction of sp³-hybridized carbons (Fsp3) is 0.300. The number of rotatable bonds is 9. The Morgan fingerprint density at radius 2 is 1.60 bits per heavy atom. The Kier molecular flexibility index (Phi) is 8.19. The maximum atomic E-state index is 6.06. The van der Waals surface area contributed by atoms with Crippen LogP contribution < -0.4 is 0 Å². The summed E-state index contributed by atoms with van der Waals surface area (Å²) in [5.74, 6) is 1.96. The van der Waals surface area contributed by atoms with Crippen molar-refractivity contribution in [3.05, 3.63) is 107 Å². The van der Waals surface area contributed by atoms with Gasteiger partial charge in [0.1, 0.15) is 0 Å². The quantitative estimate of drug-likeness (QED) is 0.179. The zero-order valence-electron chi connectivity index (χ0n) is 21.2. The molecule has 0 radical (unpaired) electrons. The predicted octanol–water partition coefficient (Wildman–Crippen LogP) is 7.95. The second kappa shape index (κ2) is 11.5. The molecule has 35 heavy (non-hydrogen) atoms. The van der Waals surface area contributed by atoms with Gasteiger partial charge in [-0.15, -0.1) is 10.2 Å². The van der Waals surface area contributed by atoms with Gasteiger partial charge in [-0.1, -0.05) is 97.9 Å². The molecule has 1 heterocycles. The molecule has 0 fully saturated rings. The van der Waals surface area contributed by atoms with E-state index in [0.717, 1.165) is 28.9 Å². The van der Waals surface area contributed by atoms with Gasteiger partial charge in [0.05, 0.1) is 17.3 Å². The number of nitrogens with zero attached hydrogens (tertiary/aromatic N) is 3. The van der Waals surface area contributed by atoms with Crippen LogP contribution >= 0.6 is 11.8 Å². The molecule has 0 aliphatic rings. The van der Waals surface area contributed by atoms with E-state index in [2.05, 4.69) is 99.4 Å². The van der Waals surface area contributed by atoms with Crippen LogP contribution in [-0.2, 0) is 6.42 Å². The highest BCUT2D eigenvalue weighted by Gasteiger charge is 2.17. The summed E-state index contributed by atoms with van der Waals surface area (Å²) < 4.78 is 6.06. The van der Waals surface area contributed by atoms with Gasteiger partial charge < -0.3 is 4.42 Å². The smallest absolute Gasteiger partial charge is 0.276 e. The van der Waals surface area contributed by atoms with Gasteiger partial charge in [0.15, 0.2) is 0 Å². The van der Waals surface area contributed by atoms with Gasteiger partial charge in [0.25, 0.3) is 5.22 Å². The van der Waals surface area contributed by atoms with E-state index < -0.39 is 0 Å². The maximum Gasteiger partial charge on any atom is 0.276 e. The summed E-state index contributed by atoms with van der Waals surface area (Å²) in [5.41, 5.74) is 7.97. The van der Waals surface area contributed by atoms with Crippen molar-refractivity contribution in [2.24, 2.45) is 10.9 Å². The molecule has 0 bridgehead atoms. The number of para-hydroxylation sites is 1. The zero-order chi connectivity index (χ0) is 24.8. The zero-order valence-corrected chi connectivity index (χ0v) is 22.0. The summed E-state index contributed by atoms with van der Waals surface area (Å²) in [5, 5.41) is 9.22. The Hall–Kier alpha value is -3.18. The molecule has 1 aromatic heterocycles. The van der Waals surface area contributed by atoms with Crippen molar-refractivity contribution in [2.45, 2.75) is 52.2 Å². The molecule has 1 unspecified atom stereocenters. The van der Waals surface area contributed by atoms with Crippen LogP contribution in [0.15, 0.2) is 87.4 Å². The van der Waals surface area contributed by atoms with Crippen molar-refractivity contribution < 1.29 is 4.42 Å². The lowest BCUT2D eigenvalue weighted by molar-refractivity contribution is 0.404. The lowest BCUT2D eigenvalue weighted by atomic mass is 9.97. The molecule has 4 aromatic rings. The number of benzene rings is 3. The first-order valence-electron chi connectivity index (χ1n) is 12.1. The molecule has 4 rings (SSSR count). The van der Waals surface area contributed by atoms with Crippen LogP contribution in [0.2, 0.25) is 0 Å². The summed E-state index contributed by atoms with van der Waals surface area (Å²) in [6.45, 7) is 10.8. The first kappa shape index (κ1) is 24.9. The van der Waals surface area contributed by atoms with Gasteiger partial charge >= 0.3 is 0 Å². The summed E-state index contributed by atoms with van der Waals surface area (Å²) in [6.07, 6.45) is 1.09. The fourth-order valence-electron chi connectivity index (χ4n) is 3.90. The van der Waals surface area contributed by atoms with Crippen molar-refractivity contribution in [3.8, 4) is 0 Å². The molecule has 0 amide bonds. The van der Waals surface area contributed by atoms with Crippen LogP contribution in [0.4, 0.5) is 5.69 Å². The van der Waals surface area contributed by atoms with Crippen LogP contribution in [-0.4, -0.2) is 21.7 Å². The van der Waals surface area contributed by atoms with E-state index in [1.165, 1.54) is 28.5 Å². The minimum atomic E-state index is 0.0437. The summed E-state index contributed by atoms with van der Waals surface area (Å²) in [7, 11) is 0. The van der Waals surface area contributed by atoms with E-state index in [4.69, 9.17) is 9.41 Å². The molecule has 0 saturated carbocycles. The molecule has 1 atom stereocenters. The van der Waals surface area contributed by atoms with Crippen molar-refractivity contribution in [1.29, 1.82) is 0 Å². The third-order valence-corrected chi connectivity index (χ3v) is 6.83. The normalized spacial score (nSPS) is 12.8. The van der Waals surface area contributed by atoms with Gasteiger partial charge in [-0.3, -0.25) is 4.99 Å². The Bertz CT molecular complexity index is 1270. The van der Waals surface area contributed by atoms with E-state index in [1.807, 2.05) is 18.2 Å². The van der Waals surface area contributed by atoms with Gasteiger partial charge in [0, 0.05) is 5.75 Å². The van der Waals surface area contributed by atoms with Gasteiger partial charge in [-0.25, -0.2) is 0 Å². The van der Waals surface area contributed by atoms with Crippen LogP contribution in [0.1, 0.15) is 60.4 Å². The van der Waals surface area contributed by atoms with Crippen LogP contribution in [0.25, 0.3) is 0 Å². The van der Waals surface area contributed by atoms with Crippen molar-refractivity contribution >= 4 is 23.2 Å². The number of hydrogen-bond acceptors (Lipinski definition) is 5. The molecule has 0 saturated heterocycles. The van der Waals surface area contributed by atoms with E-state index in [9.17, 15) is 0 Å². The fourth-order valence-corrected chi connectivity index (χ4v) is 4.63. The standard InChI is InChI=1S/C30H33N3OS/c1-20(2)18-24-12-16-25(17-13-24)23(5)29-32-33-30(34-29)35-19-28(26-14-10-21(3)11-15-26)31-27-9-7-6-8-22(27)4/h6-17,20,23H,18-19H2,1-5H3. The first-order valence-corrected chi connectivity index (χ1v) is 13.1. The Morgan fingerprint density at radius 1 is 0.886 bits per heavy atom. The van der Waals surface area contributed by atoms with Crippen molar-refractivity contribution in [2.75, 3.05) is 5.75 Å². The minimum absolute atomic E-state index is 0.0437. The molecule has 0 aliphatic carbocycles. The van der Waals surface area contributed by atoms with Gasteiger partial charge in [0.2, 0.25) is 5.89 Å². The molecular weight excluding hydrogens is 450 g/mol. The third kappa shape index (κ3) is 6.70. The van der Waals surface area contributed by atoms with Crippen LogP contribution in [0, 0.1) is 19.8 Å². The van der Waals surface area contributed by atoms with E-state index in [1.54, 1.807) is 0 Å². The van der Waals surface area contributed by atoms with Gasteiger partial charge in [-0.05, 0) is 61.4 Å². The Balaban J connectivity index is 1.49. The second-order valence-electron chi connectivity index (χ2n) is 9.47. The summed E-state index contributed by atoms with van der Waals surface area (Å²) in [6, 6.07) is 25.4. The summed E-state index contributed by atoms with van der Waals surface area (Å²) in [4.78, 5) is 5.00. The number of aliphatic imine (C=N–C) groups is 1. The SMILES string of the molecule is Cc1ccc(C(CSc2nnc(C(C)c3ccc(CC(C)C)cc3)o2)=Nc2ccccc2C)cc1. The molecular formula is C30H33N3OS. The van der Waals surface area contributed by atoms with E-state index in [-0.39, 0.29) is 5.92 Å². The molecule has 5 heteroatoms. The highest BCUT2D eigenvalue weighted by atomic mass is 32.2. The molecule has 4 nitrogen and oxygen atoms in total. The monoisotopic (exact) mass is 483 g/mol.